The van der Waals surface area contributed by atoms with E-state index in [1.165, 1.54) is 18.4 Å². The van der Waals surface area contributed by atoms with Crippen molar-refractivity contribution in [3.8, 4) is 0 Å². The van der Waals surface area contributed by atoms with Crippen LogP contribution < -0.4 is 11.1 Å². The van der Waals surface area contributed by atoms with Crippen LogP contribution in [0.25, 0.3) is 0 Å². The third kappa shape index (κ3) is 4.56. The van der Waals surface area contributed by atoms with E-state index in [-0.39, 0.29) is 5.91 Å². The first-order valence-electron chi connectivity index (χ1n) is 6.98. The van der Waals surface area contributed by atoms with Gasteiger partial charge >= 0.3 is 0 Å². The molecule has 1 amide bonds. The Labute approximate surface area is 115 Å². The maximum Gasteiger partial charge on any atom is 0.219 e. The lowest BCUT2D eigenvalue weighted by Crippen LogP contribution is -2.28. The highest BCUT2D eigenvalue weighted by molar-refractivity contribution is 5.75. The molecule has 2 rings (SSSR count). The van der Waals surface area contributed by atoms with Crippen LogP contribution in [0.3, 0.4) is 0 Å². The number of carbonyl (C=O) groups is 1. The second-order valence-electron chi connectivity index (χ2n) is 5.22. The number of rotatable bonds is 7. The summed E-state index contributed by atoms with van der Waals surface area (Å²) < 4.78 is 0. The van der Waals surface area contributed by atoms with Crippen molar-refractivity contribution in [3.05, 3.63) is 29.8 Å². The molecular weight excluding hydrogens is 238 g/mol. The molecule has 1 saturated carbocycles. The van der Waals surface area contributed by atoms with Gasteiger partial charge in [0.25, 0.3) is 0 Å². The summed E-state index contributed by atoms with van der Waals surface area (Å²) in [5.74, 6) is 0.128. The Morgan fingerprint density at radius 1 is 1.37 bits per heavy atom. The predicted molar refractivity (Wildman–Crippen MR) is 77.6 cm³/mol. The molecule has 1 aliphatic carbocycles. The number of amides is 1. The van der Waals surface area contributed by atoms with Gasteiger partial charge in [-0.15, -0.1) is 0 Å². The number of nitrogens with one attached hydrogen (secondary N) is 1. The summed E-state index contributed by atoms with van der Waals surface area (Å²) in [5, 5.41) is 2.67. The van der Waals surface area contributed by atoms with Crippen LogP contribution in [0.15, 0.2) is 24.3 Å². The predicted octanol–water partition coefficient (Wildman–Crippen LogP) is 1.76. The van der Waals surface area contributed by atoms with Crippen molar-refractivity contribution >= 4 is 11.6 Å². The summed E-state index contributed by atoms with van der Waals surface area (Å²) in [7, 11) is 1.69. The molecule has 0 radical (unpaired) electrons. The number of nitrogens with two attached hydrogens (primary N) is 1. The SMILES string of the molecule is CNC(=O)CCCN(Cc1ccc(N)cc1)C1CC1. The maximum atomic E-state index is 11.2. The standard InChI is InChI=1S/C15H23N3O/c1-17-15(19)3-2-10-18(14-8-9-14)11-12-4-6-13(16)7-5-12/h4-7,14H,2-3,8-11,16H2,1H3,(H,17,19). The Morgan fingerprint density at radius 2 is 2.05 bits per heavy atom. The van der Waals surface area contributed by atoms with Crippen LogP contribution in [-0.4, -0.2) is 30.4 Å². The number of nitrogens with zero attached hydrogens (tertiary/aromatic N) is 1. The van der Waals surface area contributed by atoms with E-state index in [1.54, 1.807) is 7.05 Å². The number of hydrogen-bond donors (Lipinski definition) is 2. The third-order valence-electron chi connectivity index (χ3n) is 3.56. The van der Waals surface area contributed by atoms with E-state index in [2.05, 4.69) is 22.3 Å². The number of carbonyl (C=O) groups excluding carboxylic acids is 1. The summed E-state index contributed by atoms with van der Waals surface area (Å²) >= 11 is 0. The van der Waals surface area contributed by atoms with Gasteiger partial charge in [0, 0.05) is 31.7 Å². The molecule has 0 bridgehead atoms. The molecule has 0 saturated heterocycles. The van der Waals surface area contributed by atoms with Crippen molar-refractivity contribution in [1.82, 2.24) is 10.2 Å². The number of hydrogen-bond acceptors (Lipinski definition) is 3. The fraction of sp³-hybridized carbons (Fsp3) is 0.533. The van der Waals surface area contributed by atoms with Gasteiger partial charge in [-0.3, -0.25) is 9.69 Å². The highest BCUT2D eigenvalue weighted by atomic mass is 16.1. The average Bonchev–Trinajstić information content (AvgIpc) is 3.24. The fourth-order valence-electron chi connectivity index (χ4n) is 2.26. The lowest BCUT2D eigenvalue weighted by Gasteiger charge is -2.22. The molecular formula is C15H23N3O. The van der Waals surface area contributed by atoms with E-state index in [4.69, 9.17) is 5.73 Å². The summed E-state index contributed by atoms with van der Waals surface area (Å²) in [4.78, 5) is 13.7. The van der Waals surface area contributed by atoms with Gasteiger partial charge in [-0.05, 0) is 43.5 Å². The van der Waals surface area contributed by atoms with E-state index < -0.39 is 0 Å². The van der Waals surface area contributed by atoms with Crippen LogP contribution >= 0.6 is 0 Å². The van der Waals surface area contributed by atoms with Crippen LogP contribution in [0.1, 0.15) is 31.2 Å². The molecule has 19 heavy (non-hydrogen) atoms. The van der Waals surface area contributed by atoms with Crippen LogP contribution in [0.5, 0.6) is 0 Å². The van der Waals surface area contributed by atoms with E-state index in [9.17, 15) is 4.79 Å². The smallest absolute Gasteiger partial charge is 0.219 e. The molecule has 0 atom stereocenters. The van der Waals surface area contributed by atoms with Crippen molar-refractivity contribution in [2.45, 2.75) is 38.3 Å². The Balaban J connectivity index is 1.82. The lowest BCUT2D eigenvalue weighted by molar-refractivity contribution is -0.120. The highest BCUT2D eigenvalue weighted by Crippen LogP contribution is 2.28. The van der Waals surface area contributed by atoms with Gasteiger partial charge < -0.3 is 11.1 Å². The van der Waals surface area contributed by atoms with Gasteiger partial charge in [0.1, 0.15) is 0 Å². The van der Waals surface area contributed by atoms with Gasteiger partial charge in [0.2, 0.25) is 5.91 Å². The highest BCUT2D eigenvalue weighted by Gasteiger charge is 2.28. The molecule has 0 heterocycles. The molecule has 4 heteroatoms. The Bertz CT molecular complexity index is 412. The zero-order chi connectivity index (χ0) is 13.7. The molecule has 0 aliphatic heterocycles. The van der Waals surface area contributed by atoms with Crippen molar-refractivity contribution in [1.29, 1.82) is 0 Å². The summed E-state index contributed by atoms with van der Waals surface area (Å²) in [5.41, 5.74) is 7.80. The molecule has 3 N–H and O–H groups in total. The first kappa shape index (κ1) is 13.9. The molecule has 4 nitrogen and oxygen atoms in total. The van der Waals surface area contributed by atoms with E-state index in [0.29, 0.717) is 12.5 Å². The van der Waals surface area contributed by atoms with Crippen molar-refractivity contribution in [2.75, 3.05) is 19.3 Å². The van der Waals surface area contributed by atoms with Crippen LogP contribution in [0.2, 0.25) is 0 Å². The fourth-order valence-corrected chi connectivity index (χ4v) is 2.26. The molecule has 0 unspecified atom stereocenters. The Kier molecular flexibility index (Phi) is 4.80. The zero-order valence-corrected chi connectivity index (χ0v) is 11.6. The molecule has 104 valence electrons. The van der Waals surface area contributed by atoms with Gasteiger partial charge in [0.15, 0.2) is 0 Å². The summed E-state index contributed by atoms with van der Waals surface area (Å²) in [6.07, 6.45) is 4.11. The van der Waals surface area contributed by atoms with Crippen molar-refractivity contribution < 1.29 is 4.79 Å². The molecule has 1 aliphatic rings. The minimum atomic E-state index is 0.128. The van der Waals surface area contributed by atoms with Crippen LogP contribution in [0, 0.1) is 0 Å². The van der Waals surface area contributed by atoms with Crippen LogP contribution in [-0.2, 0) is 11.3 Å². The van der Waals surface area contributed by atoms with Crippen molar-refractivity contribution in [2.24, 2.45) is 0 Å². The Hall–Kier alpha value is -1.55. The minimum absolute atomic E-state index is 0.128. The largest absolute Gasteiger partial charge is 0.399 e. The average molecular weight is 261 g/mol. The van der Waals surface area contributed by atoms with E-state index in [1.807, 2.05) is 12.1 Å². The lowest BCUT2D eigenvalue weighted by atomic mass is 10.2. The Morgan fingerprint density at radius 3 is 2.63 bits per heavy atom. The molecule has 0 aromatic heterocycles. The number of anilines is 1. The first-order chi connectivity index (χ1) is 9.19. The molecule has 1 fully saturated rings. The third-order valence-corrected chi connectivity index (χ3v) is 3.56. The van der Waals surface area contributed by atoms with Crippen LogP contribution in [0.4, 0.5) is 5.69 Å². The maximum absolute atomic E-state index is 11.2. The van der Waals surface area contributed by atoms with Crippen molar-refractivity contribution in [3.63, 3.8) is 0 Å². The molecule has 0 spiro atoms. The second-order valence-corrected chi connectivity index (χ2v) is 5.22. The van der Waals surface area contributed by atoms with E-state index >= 15 is 0 Å². The van der Waals surface area contributed by atoms with Gasteiger partial charge in [-0.25, -0.2) is 0 Å². The summed E-state index contributed by atoms with van der Waals surface area (Å²) in [6, 6.07) is 8.78. The first-order valence-corrected chi connectivity index (χ1v) is 6.98. The van der Waals surface area contributed by atoms with E-state index in [0.717, 1.165) is 25.2 Å². The minimum Gasteiger partial charge on any atom is -0.399 e. The normalized spacial score (nSPS) is 14.6. The summed E-state index contributed by atoms with van der Waals surface area (Å²) in [6.45, 7) is 1.95. The number of nitrogen functional groups attached to an aromatic ring is 1. The van der Waals surface area contributed by atoms with Gasteiger partial charge in [0.05, 0.1) is 0 Å². The van der Waals surface area contributed by atoms with Gasteiger partial charge in [-0.1, -0.05) is 12.1 Å². The van der Waals surface area contributed by atoms with Gasteiger partial charge in [-0.2, -0.15) is 0 Å². The molecule has 1 aromatic rings. The topological polar surface area (TPSA) is 58.4 Å². The quantitative estimate of drug-likeness (QED) is 0.735. The second kappa shape index (κ2) is 6.57. The number of benzene rings is 1. The zero-order valence-electron chi connectivity index (χ0n) is 11.6. The molecule has 1 aromatic carbocycles. The monoisotopic (exact) mass is 261 g/mol.